The third-order valence-corrected chi connectivity index (χ3v) is 4.33. The largest absolute Gasteiger partial charge is 0.362 e. The van der Waals surface area contributed by atoms with Crippen molar-refractivity contribution in [1.82, 2.24) is 10.3 Å². The number of nitrogens with one attached hydrogen (secondary N) is 3. The zero-order chi connectivity index (χ0) is 18.9. The molecule has 0 saturated heterocycles. The van der Waals surface area contributed by atoms with Crippen LogP contribution in [0.3, 0.4) is 0 Å². The average Bonchev–Trinajstić information content (AvgIpc) is 2.68. The molecule has 3 N–H and O–H groups in total. The van der Waals surface area contributed by atoms with E-state index in [9.17, 15) is 0 Å². The van der Waals surface area contributed by atoms with Crippen LogP contribution < -0.4 is 16.0 Å². The molecule has 1 heterocycles. The zero-order valence-corrected chi connectivity index (χ0v) is 16.2. The number of thiocarbonyl (C=S) groups is 1. The lowest BCUT2D eigenvalue weighted by Gasteiger charge is -2.11. The second-order valence-corrected chi connectivity index (χ2v) is 6.80. The topological polar surface area (TPSA) is 49.0 Å². The summed E-state index contributed by atoms with van der Waals surface area (Å²) in [6, 6.07) is 22.6. The second-order valence-electron chi connectivity index (χ2n) is 6.40. The number of anilines is 3. The van der Waals surface area contributed by atoms with Gasteiger partial charge in [0.2, 0.25) is 0 Å². The van der Waals surface area contributed by atoms with Crippen molar-refractivity contribution in [2.24, 2.45) is 0 Å². The number of benzene rings is 2. The molecule has 0 aliphatic carbocycles. The molecule has 2 aromatic carbocycles. The van der Waals surface area contributed by atoms with E-state index in [1.165, 1.54) is 11.1 Å². The maximum absolute atomic E-state index is 5.35. The molecule has 0 saturated carbocycles. The van der Waals surface area contributed by atoms with Crippen molar-refractivity contribution in [3.05, 3.63) is 84.1 Å². The zero-order valence-electron chi connectivity index (χ0n) is 15.4. The van der Waals surface area contributed by atoms with Crippen LogP contribution in [0.1, 0.15) is 17.5 Å². The lowest BCUT2D eigenvalue weighted by Crippen LogP contribution is -2.29. The molecule has 138 valence electrons. The first-order chi connectivity index (χ1) is 13.2. The number of aryl methyl sites for hydroxylation is 2. The van der Waals surface area contributed by atoms with Gasteiger partial charge in [-0.1, -0.05) is 42.5 Å². The van der Waals surface area contributed by atoms with Gasteiger partial charge < -0.3 is 16.0 Å². The fourth-order valence-electron chi connectivity index (χ4n) is 2.73. The Balaban J connectivity index is 1.41. The molecule has 3 rings (SSSR count). The summed E-state index contributed by atoms with van der Waals surface area (Å²) in [4.78, 5) is 4.43. The maximum Gasteiger partial charge on any atom is 0.170 e. The minimum absolute atomic E-state index is 0.615. The molecule has 0 unspecified atom stereocenters. The lowest BCUT2D eigenvalue weighted by atomic mass is 10.1. The number of aromatic nitrogens is 1. The van der Waals surface area contributed by atoms with Crippen LogP contribution in [0.25, 0.3) is 0 Å². The van der Waals surface area contributed by atoms with Crippen LogP contribution in [0.5, 0.6) is 0 Å². The summed E-state index contributed by atoms with van der Waals surface area (Å²) >= 11 is 5.35. The van der Waals surface area contributed by atoms with Gasteiger partial charge in [-0.3, -0.25) is 0 Å². The van der Waals surface area contributed by atoms with Crippen LogP contribution in [0.15, 0.2) is 72.9 Å². The van der Waals surface area contributed by atoms with Crippen molar-refractivity contribution in [3.8, 4) is 0 Å². The van der Waals surface area contributed by atoms with Gasteiger partial charge in [-0.2, -0.15) is 0 Å². The van der Waals surface area contributed by atoms with Crippen molar-refractivity contribution >= 4 is 34.5 Å². The number of rotatable bonds is 7. The van der Waals surface area contributed by atoms with Crippen molar-refractivity contribution in [2.45, 2.75) is 19.8 Å². The molecule has 0 atom stereocenters. The Morgan fingerprint density at radius 3 is 2.56 bits per heavy atom. The van der Waals surface area contributed by atoms with Crippen LogP contribution >= 0.6 is 12.2 Å². The first-order valence-electron chi connectivity index (χ1n) is 9.07. The van der Waals surface area contributed by atoms with E-state index >= 15 is 0 Å². The SMILES string of the molecule is Cc1cccc(Nc2ccc(NC(=S)NCCCc3ccccc3)cn2)c1. The number of hydrogen-bond acceptors (Lipinski definition) is 3. The van der Waals surface area contributed by atoms with Gasteiger partial charge in [0.15, 0.2) is 5.11 Å². The van der Waals surface area contributed by atoms with E-state index in [2.05, 4.69) is 64.3 Å². The van der Waals surface area contributed by atoms with Crippen molar-refractivity contribution in [3.63, 3.8) is 0 Å². The van der Waals surface area contributed by atoms with Crippen molar-refractivity contribution in [1.29, 1.82) is 0 Å². The summed E-state index contributed by atoms with van der Waals surface area (Å²) in [5, 5.41) is 10.3. The first kappa shape index (κ1) is 18.9. The summed E-state index contributed by atoms with van der Waals surface area (Å²) in [6.45, 7) is 2.90. The minimum Gasteiger partial charge on any atom is -0.362 e. The summed E-state index contributed by atoms with van der Waals surface area (Å²) in [7, 11) is 0. The number of hydrogen-bond donors (Lipinski definition) is 3. The highest BCUT2D eigenvalue weighted by Crippen LogP contribution is 2.17. The van der Waals surface area contributed by atoms with E-state index in [4.69, 9.17) is 12.2 Å². The molecule has 0 spiro atoms. The second kappa shape index (κ2) is 9.69. The predicted octanol–water partition coefficient (Wildman–Crippen LogP) is 5.05. The molecule has 27 heavy (non-hydrogen) atoms. The Morgan fingerprint density at radius 1 is 0.963 bits per heavy atom. The van der Waals surface area contributed by atoms with Gasteiger partial charge in [0.25, 0.3) is 0 Å². The average molecular weight is 377 g/mol. The normalized spacial score (nSPS) is 10.3. The molecule has 0 amide bonds. The molecule has 1 aromatic heterocycles. The maximum atomic E-state index is 5.35. The molecular formula is C22H24N4S. The molecule has 5 heteroatoms. The van der Waals surface area contributed by atoms with Crippen LogP contribution in [0, 0.1) is 6.92 Å². The van der Waals surface area contributed by atoms with Gasteiger partial charge in [-0.25, -0.2) is 4.98 Å². The highest BCUT2D eigenvalue weighted by Gasteiger charge is 2.00. The summed E-state index contributed by atoms with van der Waals surface area (Å²) in [5.41, 5.74) is 4.45. The minimum atomic E-state index is 0.615. The lowest BCUT2D eigenvalue weighted by molar-refractivity contribution is 0.777. The monoisotopic (exact) mass is 376 g/mol. The summed E-state index contributed by atoms with van der Waals surface area (Å²) in [5.74, 6) is 0.799. The fraction of sp³-hybridized carbons (Fsp3) is 0.182. The molecule has 3 aromatic rings. The van der Waals surface area contributed by atoms with E-state index in [1.54, 1.807) is 6.20 Å². The Morgan fingerprint density at radius 2 is 1.81 bits per heavy atom. The molecule has 4 nitrogen and oxygen atoms in total. The van der Waals surface area contributed by atoms with E-state index in [1.807, 2.05) is 30.3 Å². The highest BCUT2D eigenvalue weighted by molar-refractivity contribution is 7.80. The van der Waals surface area contributed by atoms with E-state index < -0.39 is 0 Å². The van der Waals surface area contributed by atoms with Gasteiger partial charge in [-0.05, 0) is 67.4 Å². The van der Waals surface area contributed by atoms with E-state index in [0.29, 0.717) is 5.11 Å². The molecule has 0 aliphatic rings. The Kier molecular flexibility index (Phi) is 6.77. The quantitative estimate of drug-likeness (QED) is 0.398. The van der Waals surface area contributed by atoms with Crippen molar-refractivity contribution in [2.75, 3.05) is 17.2 Å². The molecular weight excluding hydrogens is 352 g/mol. The Labute approximate surface area is 166 Å². The van der Waals surface area contributed by atoms with Crippen LogP contribution in [-0.2, 0) is 6.42 Å². The Bertz CT molecular complexity index is 863. The van der Waals surface area contributed by atoms with Crippen molar-refractivity contribution < 1.29 is 0 Å². The molecule has 0 radical (unpaired) electrons. The third kappa shape index (κ3) is 6.38. The molecule has 0 aliphatic heterocycles. The molecule has 0 bridgehead atoms. The fourth-order valence-corrected chi connectivity index (χ4v) is 2.95. The first-order valence-corrected chi connectivity index (χ1v) is 9.48. The Hall–Kier alpha value is -2.92. The summed E-state index contributed by atoms with van der Waals surface area (Å²) < 4.78 is 0. The molecule has 0 fully saturated rings. The summed E-state index contributed by atoms with van der Waals surface area (Å²) in [6.07, 6.45) is 3.84. The van der Waals surface area contributed by atoms with Crippen LogP contribution in [0.2, 0.25) is 0 Å². The van der Waals surface area contributed by atoms with Gasteiger partial charge in [-0.15, -0.1) is 0 Å². The highest BCUT2D eigenvalue weighted by atomic mass is 32.1. The number of nitrogens with zero attached hydrogens (tertiary/aromatic N) is 1. The van der Waals surface area contributed by atoms with Gasteiger partial charge in [0, 0.05) is 12.2 Å². The third-order valence-electron chi connectivity index (χ3n) is 4.08. The van der Waals surface area contributed by atoms with Crippen LogP contribution in [-0.4, -0.2) is 16.6 Å². The number of pyridine rings is 1. The predicted molar refractivity (Wildman–Crippen MR) is 118 cm³/mol. The van der Waals surface area contributed by atoms with E-state index in [0.717, 1.165) is 36.6 Å². The van der Waals surface area contributed by atoms with Gasteiger partial charge >= 0.3 is 0 Å². The van der Waals surface area contributed by atoms with E-state index in [-0.39, 0.29) is 0 Å². The van der Waals surface area contributed by atoms with Crippen LogP contribution in [0.4, 0.5) is 17.2 Å². The van der Waals surface area contributed by atoms with Gasteiger partial charge in [0.1, 0.15) is 5.82 Å². The standard InChI is InChI=1S/C22H24N4S/c1-17-7-5-11-19(15-17)25-21-13-12-20(16-24-21)26-22(27)23-14-6-10-18-8-3-2-4-9-18/h2-5,7-9,11-13,15-16H,6,10,14H2,1H3,(H,24,25)(H2,23,26,27). The van der Waals surface area contributed by atoms with Gasteiger partial charge in [0.05, 0.1) is 11.9 Å². The smallest absolute Gasteiger partial charge is 0.170 e.